The van der Waals surface area contributed by atoms with Crippen LogP contribution in [0.15, 0.2) is 121 Å². The largest absolute Gasteiger partial charge is 0.508 e. The van der Waals surface area contributed by atoms with Crippen molar-refractivity contribution in [1.82, 2.24) is 0 Å². The van der Waals surface area contributed by atoms with Crippen molar-refractivity contribution in [3.05, 3.63) is 166 Å². The van der Waals surface area contributed by atoms with Gasteiger partial charge in [-0.2, -0.15) is 0 Å². The van der Waals surface area contributed by atoms with Crippen molar-refractivity contribution >= 4 is 35.1 Å². The monoisotopic (exact) mass is 1120 g/mol. The van der Waals surface area contributed by atoms with Crippen LogP contribution in [0.1, 0.15) is 138 Å². The van der Waals surface area contributed by atoms with Gasteiger partial charge in [0.15, 0.2) is 0 Å². The number of hydrogen-bond donors (Lipinski definition) is 2. The molecule has 0 aliphatic heterocycles. The van der Waals surface area contributed by atoms with E-state index in [2.05, 4.69) is 0 Å². The van der Waals surface area contributed by atoms with E-state index in [1.54, 1.807) is 84.9 Å². The number of benzene rings is 6. The minimum Gasteiger partial charge on any atom is -0.508 e. The van der Waals surface area contributed by atoms with Crippen molar-refractivity contribution in [3.63, 3.8) is 0 Å². The molecule has 0 amide bonds. The zero-order valence-corrected chi connectivity index (χ0v) is 47.8. The van der Waals surface area contributed by atoms with Crippen LogP contribution in [0.25, 0.3) is 22.3 Å². The van der Waals surface area contributed by atoms with Gasteiger partial charge in [0.1, 0.15) is 47.0 Å². The lowest BCUT2D eigenvalue weighted by Crippen LogP contribution is -2.15. The molecule has 8 rings (SSSR count). The van der Waals surface area contributed by atoms with Crippen LogP contribution in [0.4, 0.5) is 17.6 Å². The standard InChI is InChI=1S/2C19H21ClF2O.2C13H16O3/c2*1-19(2,3)18(22)16-9-12(11-20)5-7-14(16)15-10-13(23-4)6-8-17(15)21;2*1-16-13(15)8-12(9-5-6-9)10-3-2-4-11(14)7-10/h2*5-10,18H,11H2,1-4H3;2*2-4,7,9,12,14H,5-6,8H2,1H3/t2*18-;2*12-/m1010/s1. The molecule has 0 spiro atoms. The second kappa shape index (κ2) is 28.6. The molecule has 0 radical (unpaired) electrons. The third-order valence-corrected chi connectivity index (χ3v) is 14.4. The van der Waals surface area contributed by atoms with E-state index in [-0.39, 0.29) is 47.0 Å². The van der Waals surface area contributed by atoms with Crippen LogP contribution >= 0.6 is 23.2 Å². The van der Waals surface area contributed by atoms with Crippen LogP contribution < -0.4 is 9.47 Å². The first kappa shape index (κ1) is 62.6. The number of phenolic OH excluding ortho intramolecular Hbond substituents is 2. The van der Waals surface area contributed by atoms with Gasteiger partial charge in [0.05, 0.1) is 41.3 Å². The van der Waals surface area contributed by atoms with Crippen molar-refractivity contribution in [1.29, 1.82) is 0 Å². The Labute approximate surface area is 468 Å². The second-order valence-electron chi connectivity index (χ2n) is 21.9. The second-order valence-corrected chi connectivity index (χ2v) is 22.4. The quantitative estimate of drug-likeness (QED) is 0.0560. The van der Waals surface area contributed by atoms with Gasteiger partial charge in [-0.1, -0.05) is 102 Å². The van der Waals surface area contributed by atoms with E-state index in [9.17, 15) is 28.6 Å². The van der Waals surface area contributed by atoms with Crippen molar-refractivity contribution in [2.45, 2.75) is 116 Å². The van der Waals surface area contributed by atoms with Gasteiger partial charge >= 0.3 is 11.9 Å². The molecule has 2 aliphatic rings. The molecule has 2 saturated carbocycles. The van der Waals surface area contributed by atoms with E-state index in [0.717, 1.165) is 47.9 Å². The van der Waals surface area contributed by atoms with Crippen molar-refractivity contribution < 1.29 is 56.3 Å². The number of alkyl halides is 4. The minimum absolute atomic E-state index is 0.180. The minimum atomic E-state index is -1.24. The molecule has 2 fully saturated rings. The summed E-state index contributed by atoms with van der Waals surface area (Å²) in [6.45, 7) is 10.9. The van der Waals surface area contributed by atoms with Gasteiger partial charge in [0.25, 0.3) is 0 Å². The van der Waals surface area contributed by atoms with E-state index in [1.165, 1.54) is 40.6 Å². The maximum absolute atomic E-state index is 15.0. The Bertz CT molecular complexity index is 2730. The van der Waals surface area contributed by atoms with E-state index in [4.69, 9.17) is 42.1 Å². The summed E-state index contributed by atoms with van der Waals surface area (Å²) in [5, 5.41) is 18.9. The number of rotatable bonds is 16. The summed E-state index contributed by atoms with van der Waals surface area (Å²) in [6.07, 6.45) is 2.98. The summed E-state index contributed by atoms with van der Waals surface area (Å²) >= 11 is 11.8. The van der Waals surface area contributed by atoms with Gasteiger partial charge in [-0.3, -0.25) is 9.59 Å². The molecule has 8 nitrogen and oxygen atoms in total. The number of aromatic hydroxyl groups is 2. The van der Waals surface area contributed by atoms with Crippen molar-refractivity contribution in [2.24, 2.45) is 22.7 Å². The number of phenols is 2. The van der Waals surface area contributed by atoms with Gasteiger partial charge < -0.3 is 29.2 Å². The predicted molar refractivity (Wildman–Crippen MR) is 303 cm³/mol. The molecule has 2 aliphatic carbocycles. The topological polar surface area (TPSA) is 112 Å². The molecule has 6 aromatic rings. The molecule has 78 heavy (non-hydrogen) atoms. The molecule has 14 heteroatoms. The molecule has 6 aromatic carbocycles. The summed E-state index contributed by atoms with van der Waals surface area (Å²) in [7, 11) is 5.85. The number of ether oxygens (including phenoxy) is 4. The normalized spacial score (nSPS) is 14.6. The van der Waals surface area contributed by atoms with E-state index in [1.807, 2.05) is 65.8 Å². The molecule has 2 N–H and O–H groups in total. The van der Waals surface area contributed by atoms with Gasteiger partial charge in [-0.05, 0) is 165 Å². The molecule has 0 aromatic heterocycles. The average Bonchev–Trinajstić information content (AvgIpc) is 4.42. The number of carbonyl (C=O) groups is 2. The Morgan fingerprint density at radius 2 is 0.885 bits per heavy atom. The van der Waals surface area contributed by atoms with Gasteiger partial charge in [0.2, 0.25) is 0 Å². The van der Waals surface area contributed by atoms with Crippen LogP contribution in [0, 0.1) is 34.3 Å². The van der Waals surface area contributed by atoms with Gasteiger partial charge in [-0.15, -0.1) is 23.2 Å². The average molecular weight is 1120 g/mol. The van der Waals surface area contributed by atoms with Crippen LogP contribution in [-0.4, -0.2) is 50.6 Å². The Hall–Kier alpha value is -6.24. The first-order valence-corrected chi connectivity index (χ1v) is 27.1. The Morgan fingerprint density at radius 3 is 1.17 bits per heavy atom. The predicted octanol–water partition coefficient (Wildman–Crippen LogP) is 17.5. The zero-order valence-electron chi connectivity index (χ0n) is 46.3. The van der Waals surface area contributed by atoms with Gasteiger partial charge in [0, 0.05) is 22.9 Å². The Kier molecular flexibility index (Phi) is 22.9. The highest BCUT2D eigenvalue weighted by Crippen LogP contribution is 2.47. The summed E-state index contributed by atoms with van der Waals surface area (Å²) in [5.41, 5.74) is 5.08. The lowest BCUT2D eigenvalue weighted by molar-refractivity contribution is -0.142. The summed E-state index contributed by atoms with van der Waals surface area (Å²) in [5.74, 6) is 2.48. The maximum Gasteiger partial charge on any atom is 0.306 e. The number of halogens is 6. The number of hydrogen-bond acceptors (Lipinski definition) is 8. The molecule has 0 heterocycles. The molecule has 420 valence electrons. The molecular formula is C64H74Cl2F4O8. The lowest BCUT2D eigenvalue weighted by atomic mass is 9.82. The highest BCUT2D eigenvalue weighted by atomic mass is 35.5. The maximum atomic E-state index is 15.0. The molecule has 0 unspecified atom stereocenters. The van der Waals surface area contributed by atoms with Crippen molar-refractivity contribution in [2.75, 3.05) is 28.4 Å². The van der Waals surface area contributed by atoms with E-state index < -0.39 is 34.8 Å². The third-order valence-electron chi connectivity index (χ3n) is 13.7. The number of carbonyl (C=O) groups excluding carboxylic acids is 2. The number of esters is 2. The fourth-order valence-electron chi connectivity index (χ4n) is 9.06. The summed E-state index contributed by atoms with van der Waals surface area (Å²) < 4.78 is 78.4. The van der Waals surface area contributed by atoms with Crippen LogP contribution in [-0.2, 0) is 30.8 Å². The SMILES string of the molecule is COC(=O)C[C@@H](c1cccc(O)c1)C1CC1.COC(=O)C[C@H](c1cccc(O)c1)C1CC1.COc1ccc(F)c(-c2ccc(CCl)cc2[C@@H](F)C(C)(C)C)c1.COc1ccc(F)c(-c2ccc(CCl)cc2[C@H](F)C(C)(C)C)c1. The molecule has 4 atom stereocenters. The molecule has 0 bridgehead atoms. The van der Waals surface area contributed by atoms with Gasteiger partial charge in [-0.25, -0.2) is 17.6 Å². The Morgan fingerprint density at radius 1 is 0.526 bits per heavy atom. The fraction of sp³-hybridized carbons (Fsp3) is 0.406. The summed E-state index contributed by atoms with van der Waals surface area (Å²) in [6, 6.07) is 33.7. The highest BCUT2D eigenvalue weighted by Gasteiger charge is 2.36. The van der Waals surface area contributed by atoms with E-state index in [0.29, 0.717) is 69.6 Å². The lowest BCUT2D eigenvalue weighted by Gasteiger charge is -2.26. The zero-order chi connectivity index (χ0) is 57.5. The molecular weight excluding hydrogens is 1040 g/mol. The summed E-state index contributed by atoms with van der Waals surface area (Å²) in [4.78, 5) is 22.7. The van der Waals surface area contributed by atoms with Crippen LogP contribution in [0.3, 0.4) is 0 Å². The molecule has 0 saturated heterocycles. The van der Waals surface area contributed by atoms with Crippen LogP contribution in [0.2, 0.25) is 0 Å². The highest BCUT2D eigenvalue weighted by molar-refractivity contribution is 6.17. The first-order chi connectivity index (χ1) is 37.0. The van der Waals surface area contributed by atoms with Crippen LogP contribution in [0.5, 0.6) is 23.0 Å². The van der Waals surface area contributed by atoms with E-state index >= 15 is 8.78 Å². The smallest absolute Gasteiger partial charge is 0.306 e. The fourth-order valence-corrected chi connectivity index (χ4v) is 9.39. The third kappa shape index (κ3) is 17.9. The Balaban J connectivity index is 0.000000194. The first-order valence-electron chi connectivity index (χ1n) is 26.0. The number of methoxy groups -OCH3 is 4. The van der Waals surface area contributed by atoms with Crippen molar-refractivity contribution in [3.8, 4) is 45.3 Å².